The van der Waals surface area contributed by atoms with Gasteiger partial charge in [0, 0.05) is 94.2 Å². The van der Waals surface area contributed by atoms with Crippen molar-refractivity contribution >= 4 is 39.0 Å². The summed E-state index contributed by atoms with van der Waals surface area (Å²) in [4.78, 5) is 31.1. The summed E-state index contributed by atoms with van der Waals surface area (Å²) in [5.41, 5.74) is 3.02. The highest BCUT2D eigenvalue weighted by molar-refractivity contribution is 7.13. The lowest BCUT2D eigenvalue weighted by molar-refractivity contribution is 0.0717. The van der Waals surface area contributed by atoms with Gasteiger partial charge in [-0.2, -0.15) is 0 Å². The van der Waals surface area contributed by atoms with Gasteiger partial charge in [0.15, 0.2) is 16.5 Å². The van der Waals surface area contributed by atoms with E-state index < -0.39 is 0 Å². The largest absolute Gasteiger partial charge is 0.449 e. The Balaban J connectivity index is 1.09. The number of nitrogens with zero attached hydrogens (tertiary/aromatic N) is 6. The molecule has 5 heterocycles. The lowest BCUT2D eigenvalue weighted by Crippen LogP contribution is -2.48. The van der Waals surface area contributed by atoms with E-state index in [1.54, 1.807) is 11.3 Å². The molecular formula is C27H30N6O2S. The number of piperazine rings is 2. The van der Waals surface area contributed by atoms with Gasteiger partial charge in [0.1, 0.15) is 0 Å². The quantitative estimate of drug-likeness (QED) is 0.399. The minimum Gasteiger partial charge on any atom is -0.449 e. The maximum atomic E-state index is 13.3. The number of fused-ring (bicyclic) bond motifs is 1. The summed E-state index contributed by atoms with van der Waals surface area (Å²) in [6, 6.07) is 14.2. The minimum absolute atomic E-state index is 0.0321. The third-order valence-corrected chi connectivity index (χ3v) is 7.95. The third kappa shape index (κ3) is 4.81. The van der Waals surface area contributed by atoms with Gasteiger partial charge in [0.05, 0.1) is 5.69 Å². The molecular weight excluding hydrogens is 472 g/mol. The molecule has 0 N–H and O–H groups in total. The number of benzene rings is 1. The maximum absolute atomic E-state index is 13.3. The van der Waals surface area contributed by atoms with E-state index in [0.29, 0.717) is 18.8 Å². The summed E-state index contributed by atoms with van der Waals surface area (Å²) in [5, 5.41) is 3.99. The van der Waals surface area contributed by atoms with Crippen LogP contribution in [0.1, 0.15) is 16.2 Å². The average molecular weight is 503 g/mol. The van der Waals surface area contributed by atoms with Gasteiger partial charge in [-0.1, -0.05) is 18.2 Å². The number of aromatic nitrogens is 2. The van der Waals surface area contributed by atoms with Crippen LogP contribution in [0.15, 0.2) is 64.7 Å². The number of hydrogen-bond donors (Lipinski definition) is 0. The molecule has 0 bridgehead atoms. The first-order valence-electron chi connectivity index (χ1n) is 12.6. The van der Waals surface area contributed by atoms with E-state index in [1.165, 1.54) is 0 Å². The molecule has 0 aliphatic carbocycles. The van der Waals surface area contributed by atoms with Crippen LogP contribution in [-0.4, -0.2) is 84.6 Å². The van der Waals surface area contributed by atoms with Crippen molar-refractivity contribution in [2.45, 2.75) is 6.42 Å². The lowest BCUT2D eigenvalue weighted by Gasteiger charge is -2.36. The van der Waals surface area contributed by atoms with Crippen molar-refractivity contribution in [3.8, 4) is 0 Å². The second kappa shape index (κ2) is 10.3. The monoisotopic (exact) mass is 502 g/mol. The highest BCUT2D eigenvalue weighted by Crippen LogP contribution is 2.31. The van der Waals surface area contributed by atoms with Gasteiger partial charge in [-0.3, -0.25) is 14.7 Å². The van der Waals surface area contributed by atoms with E-state index in [-0.39, 0.29) is 5.91 Å². The van der Waals surface area contributed by atoms with Crippen LogP contribution >= 0.6 is 11.3 Å². The molecule has 0 spiro atoms. The normalized spacial score (nSPS) is 17.2. The predicted octanol–water partition coefficient (Wildman–Crippen LogP) is 3.61. The Morgan fingerprint density at radius 2 is 1.72 bits per heavy atom. The second-order valence-electron chi connectivity index (χ2n) is 9.30. The number of amides is 1. The fraction of sp³-hybridized carbons (Fsp3) is 0.370. The van der Waals surface area contributed by atoms with Gasteiger partial charge in [0.25, 0.3) is 5.91 Å². The molecule has 0 radical (unpaired) electrons. The van der Waals surface area contributed by atoms with Gasteiger partial charge in [0.2, 0.25) is 0 Å². The molecule has 0 atom stereocenters. The zero-order chi connectivity index (χ0) is 24.3. The molecule has 1 amide bonds. The molecule has 8 nitrogen and oxygen atoms in total. The van der Waals surface area contributed by atoms with Gasteiger partial charge in [-0.05, 0) is 24.3 Å². The number of hydrogen-bond acceptors (Lipinski definition) is 8. The number of rotatable bonds is 6. The van der Waals surface area contributed by atoms with Gasteiger partial charge in [-0.15, -0.1) is 11.3 Å². The molecule has 0 unspecified atom stereocenters. The average Bonchev–Trinajstić information content (AvgIpc) is 3.63. The van der Waals surface area contributed by atoms with Gasteiger partial charge < -0.3 is 19.1 Å². The van der Waals surface area contributed by atoms with Crippen molar-refractivity contribution in [3.63, 3.8) is 0 Å². The molecule has 2 aliphatic heterocycles. The van der Waals surface area contributed by atoms with Crippen molar-refractivity contribution in [1.29, 1.82) is 0 Å². The molecule has 2 aliphatic rings. The van der Waals surface area contributed by atoms with E-state index >= 15 is 0 Å². The first-order chi connectivity index (χ1) is 17.7. The van der Waals surface area contributed by atoms with Crippen LogP contribution in [0.3, 0.4) is 0 Å². The van der Waals surface area contributed by atoms with Crippen LogP contribution in [0.5, 0.6) is 0 Å². The Hall–Kier alpha value is -3.43. The first-order valence-corrected chi connectivity index (χ1v) is 13.5. The number of furan rings is 1. The van der Waals surface area contributed by atoms with Crippen molar-refractivity contribution in [2.24, 2.45) is 0 Å². The second-order valence-corrected chi connectivity index (χ2v) is 10.2. The molecule has 36 heavy (non-hydrogen) atoms. The molecule has 1 aromatic carbocycles. The molecule has 3 aromatic heterocycles. The van der Waals surface area contributed by atoms with Gasteiger partial charge >= 0.3 is 0 Å². The van der Waals surface area contributed by atoms with E-state index in [1.807, 2.05) is 46.9 Å². The Labute approximate surface area is 214 Å². The number of carbonyl (C=O) groups is 1. The van der Waals surface area contributed by atoms with E-state index in [0.717, 1.165) is 79.7 Å². The summed E-state index contributed by atoms with van der Waals surface area (Å²) in [7, 11) is 0. The van der Waals surface area contributed by atoms with Crippen molar-refractivity contribution in [3.05, 3.63) is 71.7 Å². The predicted molar refractivity (Wildman–Crippen MR) is 143 cm³/mol. The van der Waals surface area contributed by atoms with Crippen LogP contribution in [0.4, 0.5) is 10.8 Å². The van der Waals surface area contributed by atoms with Crippen LogP contribution < -0.4 is 9.80 Å². The van der Waals surface area contributed by atoms with E-state index in [4.69, 9.17) is 4.42 Å². The lowest BCUT2D eigenvalue weighted by atomic mass is 10.2. The molecule has 9 heteroatoms. The van der Waals surface area contributed by atoms with Crippen LogP contribution in [0.25, 0.3) is 11.0 Å². The topological polar surface area (TPSA) is 69.0 Å². The van der Waals surface area contributed by atoms with Crippen LogP contribution in [0, 0.1) is 0 Å². The van der Waals surface area contributed by atoms with Crippen LogP contribution in [-0.2, 0) is 6.42 Å². The van der Waals surface area contributed by atoms with Crippen LogP contribution in [0.2, 0.25) is 0 Å². The molecule has 2 fully saturated rings. The van der Waals surface area contributed by atoms with Crippen molar-refractivity contribution in [2.75, 3.05) is 68.7 Å². The Bertz CT molecular complexity index is 1290. The molecule has 186 valence electrons. The standard InChI is InChI=1S/C27H30N6O2S/c34-26(32-15-17-33(18-16-32)27-29-9-19-36-27)24-20-21-4-3-6-23(25(21)35-24)31-13-11-30(12-14-31)10-7-22-5-1-2-8-28-22/h1-6,8-9,19-20H,7,10-18H2. The summed E-state index contributed by atoms with van der Waals surface area (Å²) in [6.45, 7) is 7.80. The smallest absolute Gasteiger partial charge is 0.289 e. The highest BCUT2D eigenvalue weighted by Gasteiger charge is 2.27. The fourth-order valence-corrected chi connectivity index (χ4v) is 5.76. The Morgan fingerprint density at radius 3 is 2.47 bits per heavy atom. The number of pyridine rings is 1. The van der Waals surface area contributed by atoms with Crippen molar-refractivity contribution < 1.29 is 9.21 Å². The summed E-state index contributed by atoms with van der Waals surface area (Å²) in [5.74, 6) is 0.393. The van der Waals surface area contributed by atoms with Gasteiger partial charge in [-0.25, -0.2) is 4.98 Å². The number of para-hydroxylation sites is 1. The summed E-state index contributed by atoms with van der Waals surface area (Å²) >= 11 is 1.64. The maximum Gasteiger partial charge on any atom is 0.289 e. The Morgan fingerprint density at radius 1 is 0.889 bits per heavy atom. The van der Waals surface area contributed by atoms with E-state index in [9.17, 15) is 4.79 Å². The SMILES string of the molecule is O=C(c1cc2cccc(N3CCN(CCc4ccccn4)CC3)c2o1)N1CCN(c2nccs2)CC1. The molecule has 6 rings (SSSR count). The third-order valence-electron chi connectivity index (χ3n) is 7.11. The zero-order valence-electron chi connectivity index (χ0n) is 20.3. The number of anilines is 2. The highest BCUT2D eigenvalue weighted by atomic mass is 32.1. The summed E-state index contributed by atoms with van der Waals surface area (Å²) in [6.07, 6.45) is 4.66. The van der Waals surface area contributed by atoms with E-state index in [2.05, 4.69) is 42.9 Å². The number of carbonyl (C=O) groups excluding carboxylic acids is 1. The molecule has 2 saturated heterocycles. The van der Waals surface area contributed by atoms with Crippen molar-refractivity contribution in [1.82, 2.24) is 19.8 Å². The summed E-state index contributed by atoms with van der Waals surface area (Å²) < 4.78 is 6.22. The zero-order valence-corrected chi connectivity index (χ0v) is 21.1. The first kappa shape index (κ1) is 23.0. The molecule has 0 saturated carbocycles. The minimum atomic E-state index is -0.0321. The Kier molecular flexibility index (Phi) is 6.57. The molecule has 4 aromatic rings. The number of thiazole rings is 1. The fourth-order valence-electron chi connectivity index (χ4n) is 5.06.